The highest BCUT2D eigenvalue weighted by molar-refractivity contribution is 9.09. The highest BCUT2D eigenvalue weighted by Crippen LogP contribution is 2.13. The minimum Gasteiger partial charge on any atom is -0.228 e. The molecule has 0 saturated carbocycles. The number of halogens is 2. The second-order valence-corrected chi connectivity index (χ2v) is 8.94. The molecule has 0 heterocycles. The van der Waals surface area contributed by atoms with E-state index in [2.05, 4.69) is 36.6 Å². The molecule has 0 bridgehead atoms. The van der Waals surface area contributed by atoms with E-state index >= 15 is 0 Å². The molecule has 1 N–H and O–H groups in total. The highest BCUT2D eigenvalue weighted by atomic mass is 79.9. The van der Waals surface area contributed by atoms with Crippen LogP contribution in [0.15, 0.2) is 0 Å². The predicted octanol–water partition coefficient (Wildman–Crippen LogP) is 0.456. The molecule has 0 amide bonds. The lowest BCUT2D eigenvalue weighted by Crippen LogP contribution is -2.50. The van der Waals surface area contributed by atoms with Crippen LogP contribution in [0.2, 0.25) is 0 Å². The molecule has 9 heteroatoms. The molecule has 15 heavy (non-hydrogen) atoms. The van der Waals surface area contributed by atoms with Gasteiger partial charge in [-0.15, -0.1) is 0 Å². The van der Waals surface area contributed by atoms with Crippen molar-refractivity contribution in [1.82, 2.24) is 4.72 Å². The maximum atomic E-state index is 11.4. The molecule has 0 saturated heterocycles. The molecule has 0 aliphatic carbocycles. The number of nitrogens with one attached hydrogen (secondary N) is 1. The quantitative estimate of drug-likeness (QED) is 0.672. The summed E-state index contributed by atoms with van der Waals surface area (Å²) in [5, 5.41) is -0.127. The van der Waals surface area contributed by atoms with Crippen LogP contribution in [0.5, 0.6) is 0 Å². The second-order valence-electron chi connectivity index (χ2n) is 3.59. The van der Waals surface area contributed by atoms with E-state index in [4.69, 9.17) is 0 Å². The van der Waals surface area contributed by atoms with Gasteiger partial charge in [-0.25, -0.2) is 21.6 Å². The van der Waals surface area contributed by atoms with E-state index in [1.165, 1.54) is 0 Å². The number of alkyl halides is 2. The Morgan fingerprint density at radius 1 is 1.13 bits per heavy atom. The Bertz CT molecular complexity index is 399. The van der Waals surface area contributed by atoms with Gasteiger partial charge in [0.15, 0.2) is 14.9 Å². The maximum Gasteiger partial charge on any atom is 0.226 e. The summed E-state index contributed by atoms with van der Waals surface area (Å²) in [4.78, 5) is 0. The lowest BCUT2D eigenvalue weighted by Gasteiger charge is -2.25. The molecule has 0 atom stereocenters. The molecule has 0 aromatic carbocycles. The number of rotatable bonds is 6. The Kier molecular flexibility index (Phi) is 5.73. The molecule has 0 unspecified atom stereocenters. The summed E-state index contributed by atoms with van der Waals surface area (Å²) in [5.41, 5.74) is -0.733. The smallest absolute Gasteiger partial charge is 0.226 e. The fourth-order valence-electron chi connectivity index (χ4n) is 0.777. The molecular formula is C6H13Br2NO4S2. The number of hydrogen-bond acceptors (Lipinski definition) is 4. The van der Waals surface area contributed by atoms with Gasteiger partial charge in [0.25, 0.3) is 0 Å². The molecule has 0 spiro atoms. The van der Waals surface area contributed by atoms with Crippen LogP contribution >= 0.6 is 31.9 Å². The Labute approximate surface area is 107 Å². The Morgan fingerprint density at radius 2 is 1.53 bits per heavy atom. The summed E-state index contributed by atoms with van der Waals surface area (Å²) < 4.78 is 47.0. The molecule has 92 valence electrons. The summed E-state index contributed by atoms with van der Waals surface area (Å²) in [6.45, 7) is 1.66. The first-order valence-electron chi connectivity index (χ1n) is 3.85. The van der Waals surface area contributed by atoms with E-state index in [0.29, 0.717) is 10.7 Å². The van der Waals surface area contributed by atoms with Crippen molar-refractivity contribution in [3.05, 3.63) is 0 Å². The van der Waals surface area contributed by atoms with Crippen molar-refractivity contribution in [1.29, 1.82) is 0 Å². The van der Waals surface area contributed by atoms with Crippen molar-refractivity contribution in [3.8, 4) is 0 Å². The van der Waals surface area contributed by atoms with Gasteiger partial charge in [0.05, 0.1) is 0 Å². The van der Waals surface area contributed by atoms with Crippen molar-refractivity contribution in [2.24, 2.45) is 0 Å². The van der Waals surface area contributed by atoms with Crippen LogP contribution in [0.4, 0.5) is 0 Å². The topological polar surface area (TPSA) is 80.3 Å². The molecule has 0 radical (unpaired) electrons. The van der Waals surface area contributed by atoms with Gasteiger partial charge in [0.1, 0.15) is 0 Å². The normalized spacial score (nSPS) is 14.1. The standard InChI is InChI=1S/C6H13Br2NO4S2/c1-6(3-7,4-8)9-15(12,13)5-14(2,10)11/h9H,3-5H2,1-2H3. The van der Waals surface area contributed by atoms with Gasteiger partial charge < -0.3 is 0 Å². The Balaban J connectivity index is 4.80. The minimum atomic E-state index is -3.82. The van der Waals surface area contributed by atoms with Gasteiger partial charge in [-0.3, -0.25) is 0 Å². The van der Waals surface area contributed by atoms with Gasteiger partial charge >= 0.3 is 0 Å². The van der Waals surface area contributed by atoms with Gasteiger partial charge in [0, 0.05) is 22.5 Å². The average Bonchev–Trinajstić information content (AvgIpc) is 1.98. The molecule has 0 fully saturated rings. The Morgan fingerprint density at radius 3 is 1.80 bits per heavy atom. The van der Waals surface area contributed by atoms with E-state index in [1.54, 1.807) is 6.92 Å². The van der Waals surface area contributed by atoms with Crippen LogP contribution in [0, 0.1) is 0 Å². The third kappa shape index (κ3) is 6.88. The van der Waals surface area contributed by atoms with Crippen molar-refractivity contribution in [2.45, 2.75) is 12.5 Å². The highest BCUT2D eigenvalue weighted by Gasteiger charge is 2.29. The van der Waals surface area contributed by atoms with Crippen molar-refractivity contribution in [3.63, 3.8) is 0 Å². The molecule has 0 aliphatic heterocycles. The monoisotopic (exact) mass is 385 g/mol. The summed E-state index contributed by atoms with van der Waals surface area (Å²) in [5.74, 6) is 0. The molecule has 0 aliphatic rings. The van der Waals surface area contributed by atoms with E-state index in [1.807, 2.05) is 0 Å². The molecule has 0 aromatic heterocycles. The molecule has 0 aromatic rings. The zero-order valence-corrected chi connectivity index (χ0v) is 13.1. The van der Waals surface area contributed by atoms with Crippen LogP contribution in [0.3, 0.4) is 0 Å². The maximum absolute atomic E-state index is 11.4. The summed E-state index contributed by atoms with van der Waals surface area (Å²) in [7, 11) is -7.37. The van der Waals surface area contributed by atoms with Crippen LogP contribution < -0.4 is 4.72 Å². The van der Waals surface area contributed by atoms with Crippen LogP contribution in [-0.4, -0.2) is 44.4 Å². The minimum absolute atomic E-state index is 0.383. The molecular weight excluding hydrogens is 374 g/mol. The van der Waals surface area contributed by atoms with Gasteiger partial charge in [-0.1, -0.05) is 31.9 Å². The first kappa shape index (κ1) is 15.8. The van der Waals surface area contributed by atoms with E-state index < -0.39 is 30.5 Å². The fourth-order valence-corrected chi connectivity index (χ4v) is 5.74. The van der Waals surface area contributed by atoms with Crippen molar-refractivity contribution >= 4 is 51.7 Å². The lowest BCUT2D eigenvalue weighted by atomic mass is 10.1. The number of sulfonamides is 1. The van der Waals surface area contributed by atoms with E-state index in [0.717, 1.165) is 6.26 Å². The lowest BCUT2D eigenvalue weighted by molar-refractivity contribution is 0.511. The fraction of sp³-hybridized carbons (Fsp3) is 1.00. The first-order chi connectivity index (χ1) is 6.54. The first-order valence-corrected chi connectivity index (χ1v) is 9.80. The average molecular weight is 387 g/mol. The zero-order chi connectivity index (χ0) is 12.3. The van der Waals surface area contributed by atoms with Gasteiger partial charge in [-0.05, 0) is 6.92 Å². The molecule has 5 nitrogen and oxygen atoms in total. The Hall–Kier alpha value is 0.820. The van der Waals surface area contributed by atoms with Crippen LogP contribution in [-0.2, 0) is 19.9 Å². The zero-order valence-electron chi connectivity index (χ0n) is 8.33. The summed E-state index contributed by atoms with van der Waals surface area (Å²) in [6, 6.07) is 0. The van der Waals surface area contributed by atoms with Crippen molar-refractivity contribution < 1.29 is 16.8 Å². The van der Waals surface area contributed by atoms with Crippen LogP contribution in [0.1, 0.15) is 6.92 Å². The second kappa shape index (κ2) is 5.44. The SMILES string of the molecule is CC(CBr)(CBr)NS(=O)(=O)CS(C)(=O)=O. The summed E-state index contributed by atoms with van der Waals surface area (Å²) in [6.07, 6.45) is 0.881. The largest absolute Gasteiger partial charge is 0.228 e. The van der Waals surface area contributed by atoms with E-state index in [9.17, 15) is 16.8 Å². The third-order valence-corrected chi connectivity index (χ3v) is 7.59. The van der Waals surface area contributed by atoms with E-state index in [-0.39, 0.29) is 0 Å². The van der Waals surface area contributed by atoms with Crippen LogP contribution in [0.25, 0.3) is 0 Å². The predicted molar refractivity (Wildman–Crippen MR) is 67.8 cm³/mol. The third-order valence-electron chi connectivity index (χ3n) is 1.36. The summed E-state index contributed by atoms with van der Waals surface area (Å²) >= 11 is 6.32. The van der Waals surface area contributed by atoms with Gasteiger partial charge in [0.2, 0.25) is 10.0 Å². The molecule has 0 rings (SSSR count). The van der Waals surface area contributed by atoms with Gasteiger partial charge in [-0.2, -0.15) is 0 Å². The number of sulfone groups is 1. The number of hydrogen-bond donors (Lipinski definition) is 1. The van der Waals surface area contributed by atoms with Crippen molar-refractivity contribution in [2.75, 3.05) is 22.0 Å².